The molecule has 0 aliphatic carbocycles. The molecule has 2 aliphatic heterocycles. The van der Waals surface area contributed by atoms with Crippen LogP contribution in [0, 0.1) is 5.92 Å². The number of hydrogen-bond acceptors (Lipinski definition) is 4. The van der Waals surface area contributed by atoms with Crippen molar-refractivity contribution in [2.45, 2.75) is 41.8 Å². The molecular weight excluding hydrogens is 324 g/mol. The minimum Gasteiger partial charge on any atom is -0.487 e. The Bertz CT molecular complexity index is 871. The first-order valence-corrected chi connectivity index (χ1v) is 9.63. The third kappa shape index (κ3) is 2.34. The summed E-state index contributed by atoms with van der Waals surface area (Å²) in [6.45, 7) is 4.81. The number of rotatable bonds is 2. The van der Waals surface area contributed by atoms with Crippen molar-refractivity contribution in [2.24, 2.45) is 5.92 Å². The van der Waals surface area contributed by atoms with E-state index in [1.165, 1.54) is 0 Å². The topological polar surface area (TPSA) is 52.6 Å². The van der Waals surface area contributed by atoms with Crippen molar-refractivity contribution in [1.29, 1.82) is 0 Å². The molecule has 4 rings (SSSR count). The van der Waals surface area contributed by atoms with Crippen LogP contribution in [-0.4, -0.2) is 20.6 Å². The summed E-state index contributed by atoms with van der Waals surface area (Å²) >= 11 is 0. The van der Waals surface area contributed by atoms with Crippen LogP contribution in [-0.2, 0) is 14.6 Å². The summed E-state index contributed by atoms with van der Waals surface area (Å²) in [5.74, 6) is 0.954. The van der Waals surface area contributed by atoms with Crippen molar-refractivity contribution in [3.8, 4) is 5.75 Å². The zero-order valence-electron chi connectivity index (χ0n) is 13.7. The van der Waals surface area contributed by atoms with Gasteiger partial charge in [-0.25, -0.2) is 8.42 Å². The van der Waals surface area contributed by atoms with Crippen LogP contribution >= 0.6 is 0 Å². The van der Waals surface area contributed by atoms with E-state index in [9.17, 15) is 8.42 Å². The SMILES string of the molecule is CC1(C)Oc2ccc(S(=O)(=O)c3ccccc3)cc2[C@@H]2OCC[C@@H]21. The molecule has 126 valence electrons. The lowest BCUT2D eigenvalue weighted by Crippen LogP contribution is -2.42. The van der Waals surface area contributed by atoms with E-state index in [2.05, 4.69) is 13.8 Å². The van der Waals surface area contributed by atoms with Crippen molar-refractivity contribution in [3.63, 3.8) is 0 Å². The van der Waals surface area contributed by atoms with Gasteiger partial charge in [-0.1, -0.05) is 18.2 Å². The number of benzene rings is 2. The first-order chi connectivity index (χ1) is 11.4. The molecule has 24 heavy (non-hydrogen) atoms. The fourth-order valence-corrected chi connectivity index (χ4v) is 5.03. The van der Waals surface area contributed by atoms with Crippen molar-refractivity contribution in [3.05, 3.63) is 54.1 Å². The minimum atomic E-state index is -3.54. The van der Waals surface area contributed by atoms with Gasteiger partial charge in [0.2, 0.25) is 9.84 Å². The van der Waals surface area contributed by atoms with Gasteiger partial charge in [0.1, 0.15) is 11.4 Å². The summed E-state index contributed by atoms with van der Waals surface area (Å²) in [6.07, 6.45) is 0.821. The molecule has 0 N–H and O–H groups in total. The molecule has 1 saturated heterocycles. The van der Waals surface area contributed by atoms with Crippen molar-refractivity contribution >= 4 is 9.84 Å². The Hall–Kier alpha value is -1.85. The largest absolute Gasteiger partial charge is 0.487 e. The van der Waals surface area contributed by atoms with Gasteiger partial charge in [-0.15, -0.1) is 0 Å². The lowest BCUT2D eigenvalue weighted by atomic mass is 9.80. The molecule has 4 nitrogen and oxygen atoms in total. The second kappa shape index (κ2) is 5.33. The zero-order chi connectivity index (χ0) is 16.9. The summed E-state index contributed by atoms with van der Waals surface area (Å²) in [5, 5.41) is 0. The monoisotopic (exact) mass is 344 g/mol. The van der Waals surface area contributed by atoms with E-state index in [0.29, 0.717) is 11.5 Å². The van der Waals surface area contributed by atoms with Gasteiger partial charge in [0.25, 0.3) is 0 Å². The highest BCUT2D eigenvalue weighted by Gasteiger charge is 2.47. The van der Waals surface area contributed by atoms with Crippen LogP contribution in [0.2, 0.25) is 0 Å². The summed E-state index contributed by atoms with van der Waals surface area (Å²) < 4.78 is 37.8. The fraction of sp³-hybridized carbons (Fsp3) is 0.368. The molecule has 2 heterocycles. The minimum absolute atomic E-state index is 0.102. The van der Waals surface area contributed by atoms with Crippen LogP contribution in [0.1, 0.15) is 31.9 Å². The summed E-state index contributed by atoms with van der Waals surface area (Å²) in [4.78, 5) is 0.580. The molecule has 2 aromatic rings. The molecule has 2 atom stereocenters. The molecule has 0 saturated carbocycles. The molecular formula is C19H20O4S. The third-order valence-electron chi connectivity index (χ3n) is 5.01. The van der Waals surface area contributed by atoms with E-state index in [1.54, 1.807) is 48.5 Å². The normalized spacial score (nSPS) is 24.8. The Labute approximate surface area is 142 Å². The van der Waals surface area contributed by atoms with E-state index in [0.717, 1.165) is 17.7 Å². The first kappa shape index (κ1) is 15.7. The third-order valence-corrected chi connectivity index (χ3v) is 6.78. The van der Waals surface area contributed by atoms with Gasteiger partial charge < -0.3 is 9.47 Å². The van der Waals surface area contributed by atoms with E-state index in [1.807, 2.05) is 0 Å². The van der Waals surface area contributed by atoms with Crippen molar-refractivity contribution in [2.75, 3.05) is 6.61 Å². The predicted molar refractivity (Wildman–Crippen MR) is 89.8 cm³/mol. The van der Waals surface area contributed by atoms with Crippen LogP contribution in [0.15, 0.2) is 58.3 Å². The standard InChI is InChI=1S/C19H20O4S/c1-19(2)16-10-11-22-18(16)15-12-14(8-9-17(15)23-19)24(20,21)13-6-4-3-5-7-13/h3-9,12,16,18H,10-11H2,1-2H3/t16-,18-/m0/s1. The highest BCUT2D eigenvalue weighted by Crippen LogP contribution is 2.50. The molecule has 0 aromatic heterocycles. The smallest absolute Gasteiger partial charge is 0.206 e. The molecule has 0 spiro atoms. The molecule has 0 unspecified atom stereocenters. The van der Waals surface area contributed by atoms with Crippen LogP contribution in [0.5, 0.6) is 5.75 Å². The Kier molecular flexibility index (Phi) is 3.48. The molecule has 5 heteroatoms. The first-order valence-electron chi connectivity index (χ1n) is 8.14. The Morgan fingerprint density at radius 3 is 2.54 bits per heavy atom. The molecule has 2 aliphatic rings. The summed E-state index contributed by atoms with van der Waals surface area (Å²) in [5.41, 5.74) is 0.530. The molecule has 2 aromatic carbocycles. The van der Waals surface area contributed by atoms with Gasteiger partial charge in [0.15, 0.2) is 0 Å². The van der Waals surface area contributed by atoms with Gasteiger partial charge in [-0.3, -0.25) is 0 Å². The van der Waals surface area contributed by atoms with Crippen molar-refractivity contribution < 1.29 is 17.9 Å². The average molecular weight is 344 g/mol. The van der Waals surface area contributed by atoms with Gasteiger partial charge in [0.05, 0.1) is 15.9 Å². The fourth-order valence-electron chi connectivity index (χ4n) is 3.71. The maximum absolute atomic E-state index is 12.9. The Morgan fingerprint density at radius 1 is 1.04 bits per heavy atom. The van der Waals surface area contributed by atoms with Gasteiger partial charge in [0, 0.05) is 18.1 Å². The maximum atomic E-state index is 12.9. The van der Waals surface area contributed by atoms with E-state index in [4.69, 9.17) is 9.47 Å². The quantitative estimate of drug-likeness (QED) is 0.832. The highest BCUT2D eigenvalue weighted by molar-refractivity contribution is 7.91. The van der Waals surface area contributed by atoms with Gasteiger partial charge >= 0.3 is 0 Å². The second-order valence-corrected chi connectivity index (χ2v) is 8.86. The number of hydrogen-bond donors (Lipinski definition) is 0. The molecule has 0 amide bonds. The Morgan fingerprint density at radius 2 is 1.79 bits per heavy atom. The Balaban J connectivity index is 1.81. The number of sulfone groups is 1. The lowest BCUT2D eigenvalue weighted by molar-refractivity contribution is -0.0304. The lowest BCUT2D eigenvalue weighted by Gasteiger charge is -2.41. The molecule has 0 bridgehead atoms. The number of fused-ring (bicyclic) bond motifs is 3. The van der Waals surface area contributed by atoms with Gasteiger partial charge in [-0.05, 0) is 50.6 Å². The maximum Gasteiger partial charge on any atom is 0.206 e. The summed E-state index contributed by atoms with van der Waals surface area (Å²) in [6, 6.07) is 13.6. The number of ether oxygens (including phenoxy) is 2. The molecule has 1 fully saturated rings. The van der Waals surface area contributed by atoms with E-state index in [-0.39, 0.29) is 22.5 Å². The summed E-state index contributed by atoms with van der Waals surface area (Å²) in [7, 11) is -3.54. The van der Waals surface area contributed by atoms with Crippen LogP contribution in [0.4, 0.5) is 0 Å². The van der Waals surface area contributed by atoms with E-state index >= 15 is 0 Å². The van der Waals surface area contributed by atoms with Crippen LogP contribution < -0.4 is 4.74 Å². The predicted octanol–water partition coefficient (Wildman–Crippen LogP) is 3.77. The zero-order valence-corrected chi connectivity index (χ0v) is 14.5. The average Bonchev–Trinajstić information content (AvgIpc) is 3.06. The van der Waals surface area contributed by atoms with E-state index < -0.39 is 9.84 Å². The highest BCUT2D eigenvalue weighted by atomic mass is 32.2. The van der Waals surface area contributed by atoms with Crippen LogP contribution in [0.3, 0.4) is 0 Å². The second-order valence-electron chi connectivity index (χ2n) is 6.91. The van der Waals surface area contributed by atoms with Gasteiger partial charge in [-0.2, -0.15) is 0 Å². The van der Waals surface area contributed by atoms with Crippen molar-refractivity contribution in [1.82, 2.24) is 0 Å². The molecule has 0 radical (unpaired) electrons. The van der Waals surface area contributed by atoms with Crippen LogP contribution in [0.25, 0.3) is 0 Å².